The number of carbonyl (C=O) groups excluding carboxylic acids is 2. The molecule has 3 heterocycles. The fraction of sp³-hybridized carbons (Fsp3) is 0.905. The van der Waals surface area contributed by atoms with E-state index in [4.69, 9.17) is 0 Å². The summed E-state index contributed by atoms with van der Waals surface area (Å²) in [6.07, 6.45) is 11.6. The third-order valence-electron chi connectivity index (χ3n) is 7.36. The molecule has 0 aromatic rings. The molecule has 6 heteroatoms. The number of carbonyl (C=O) groups is 2. The van der Waals surface area contributed by atoms with Crippen LogP contribution in [0.3, 0.4) is 0 Å². The number of likely N-dealkylation sites (tertiary alicyclic amines) is 2. The lowest BCUT2D eigenvalue weighted by molar-refractivity contribution is -0.130. The van der Waals surface area contributed by atoms with Gasteiger partial charge in [0.05, 0.1) is 12.1 Å². The maximum Gasteiger partial charge on any atom is 0.318 e. The number of nitrogens with zero attached hydrogens (tertiary/aromatic N) is 3. The summed E-state index contributed by atoms with van der Waals surface area (Å²) in [5.74, 6) is 1.01. The Morgan fingerprint density at radius 3 is 2.37 bits per heavy atom. The summed E-state index contributed by atoms with van der Waals surface area (Å²) in [6.45, 7) is 6.59. The molecule has 0 aromatic carbocycles. The number of amides is 3. The van der Waals surface area contributed by atoms with Gasteiger partial charge in [-0.3, -0.25) is 4.79 Å². The molecule has 4 aliphatic rings. The Kier molecular flexibility index (Phi) is 5.90. The molecule has 0 bridgehead atoms. The Morgan fingerprint density at radius 1 is 1.00 bits per heavy atom. The highest BCUT2D eigenvalue weighted by molar-refractivity contribution is 5.79. The van der Waals surface area contributed by atoms with Gasteiger partial charge >= 0.3 is 6.03 Å². The SMILES string of the molecule is CC(=O)N1CCC2C(C1)NC(=O)N2C1CCN(CC2CCCCCC2)CC1. The first-order valence-corrected chi connectivity index (χ1v) is 11.2. The number of hydrogen-bond acceptors (Lipinski definition) is 3. The zero-order chi connectivity index (χ0) is 18.8. The summed E-state index contributed by atoms with van der Waals surface area (Å²) >= 11 is 0. The van der Waals surface area contributed by atoms with E-state index < -0.39 is 0 Å². The van der Waals surface area contributed by atoms with E-state index in [1.807, 2.05) is 4.90 Å². The van der Waals surface area contributed by atoms with Gasteiger partial charge in [0.2, 0.25) is 5.91 Å². The number of fused-ring (bicyclic) bond motifs is 1. The van der Waals surface area contributed by atoms with Crippen molar-refractivity contribution in [2.45, 2.75) is 82.8 Å². The van der Waals surface area contributed by atoms with Gasteiger partial charge in [0.15, 0.2) is 0 Å². The minimum atomic E-state index is 0.0950. The van der Waals surface area contributed by atoms with Crippen LogP contribution in [0.5, 0.6) is 0 Å². The fourth-order valence-electron chi connectivity index (χ4n) is 5.81. The van der Waals surface area contributed by atoms with Gasteiger partial charge in [0.25, 0.3) is 0 Å². The van der Waals surface area contributed by atoms with Crippen LogP contribution in [0.15, 0.2) is 0 Å². The summed E-state index contributed by atoms with van der Waals surface area (Å²) < 4.78 is 0. The Morgan fingerprint density at radius 2 is 1.70 bits per heavy atom. The van der Waals surface area contributed by atoms with E-state index in [-0.39, 0.29) is 24.0 Å². The van der Waals surface area contributed by atoms with E-state index in [0.717, 1.165) is 44.8 Å². The summed E-state index contributed by atoms with van der Waals surface area (Å²) in [6, 6.07) is 0.845. The van der Waals surface area contributed by atoms with Crippen molar-refractivity contribution in [3.8, 4) is 0 Å². The first-order chi connectivity index (χ1) is 13.1. The third-order valence-corrected chi connectivity index (χ3v) is 7.36. The highest BCUT2D eigenvalue weighted by Crippen LogP contribution is 2.30. The maximum absolute atomic E-state index is 12.7. The van der Waals surface area contributed by atoms with Crippen molar-refractivity contribution in [2.75, 3.05) is 32.7 Å². The van der Waals surface area contributed by atoms with Crippen molar-refractivity contribution in [3.63, 3.8) is 0 Å². The molecule has 0 radical (unpaired) electrons. The van der Waals surface area contributed by atoms with Crippen LogP contribution >= 0.6 is 0 Å². The van der Waals surface area contributed by atoms with Crippen LogP contribution in [0, 0.1) is 5.92 Å². The van der Waals surface area contributed by atoms with E-state index in [2.05, 4.69) is 15.1 Å². The Hall–Kier alpha value is -1.30. The lowest BCUT2D eigenvalue weighted by Crippen LogP contribution is -2.55. The van der Waals surface area contributed by atoms with E-state index in [1.165, 1.54) is 45.1 Å². The summed E-state index contributed by atoms with van der Waals surface area (Å²) in [5.41, 5.74) is 0. The number of piperidine rings is 2. The molecule has 3 aliphatic heterocycles. The van der Waals surface area contributed by atoms with E-state index in [1.54, 1.807) is 6.92 Å². The number of rotatable bonds is 3. The largest absolute Gasteiger partial charge is 0.341 e. The van der Waals surface area contributed by atoms with Gasteiger partial charge in [-0.2, -0.15) is 0 Å². The molecule has 4 fully saturated rings. The second-order valence-electron chi connectivity index (χ2n) is 9.17. The predicted octanol–water partition coefficient (Wildman–Crippen LogP) is 2.44. The highest BCUT2D eigenvalue weighted by atomic mass is 16.2. The van der Waals surface area contributed by atoms with Crippen molar-refractivity contribution in [3.05, 3.63) is 0 Å². The zero-order valence-electron chi connectivity index (χ0n) is 16.9. The van der Waals surface area contributed by atoms with Crippen molar-refractivity contribution in [1.82, 2.24) is 20.0 Å². The molecule has 152 valence electrons. The smallest absolute Gasteiger partial charge is 0.318 e. The Labute approximate surface area is 163 Å². The van der Waals surface area contributed by atoms with Crippen molar-refractivity contribution in [1.29, 1.82) is 0 Å². The Bertz CT molecular complexity index is 538. The lowest BCUT2D eigenvalue weighted by Gasteiger charge is -2.42. The summed E-state index contributed by atoms with van der Waals surface area (Å²) in [5, 5.41) is 3.15. The molecule has 27 heavy (non-hydrogen) atoms. The number of urea groups is 1. The highest BCUT2D eigenvalue weighted by Gasteiger charge is 2.46. The van der Waals surface area contributed by atoms with Gasteiger partial charge in [0.1, 0.15) is 0 Å². The molecule has 3 amide bonds. The number of hydrogen-bond donors (Lipinski definition) is 1. The lowest BCUT2D eigenvalue weighted by atomic mass is 9.94. The minimum absolute atomic E-state index is 0.0950. The first kappa shape index (κ1) is 19.0. The van der Waals surface area contributed by atoms with Crippen molar-refractivity contribution >= 4 is 11.9 Å². The van der Waals surface area contributed by atoms with Gasteiger partial charge in [0, 0.05) is 45.7 Å². The van der Waals surface area contributed by atoms with Crippen molar-refractivity contribution in [2.24, 2.45) is 5.92 Å². The quantitative estimate of drug-likeness (QED) is 0.770. The molecule has 0 aromatic heterocycles. The second kappa shape index (κ2) is 8.38. The van der Waals surface area contributed by atoms with Crippen LogP contribution < -0.4 is 5.32 Å². The van der Waals surface area contributed by atoms with Gasteiger partial charge in [-0.25, -0.2) is 4.79 Å². The third kappa shape index (κ3) is 4.25. The zero-order valence-corrected chi connectivity index (χ0v) is 16.9. The van der Waals surface area contributed by atoms with E-state index >= 15 is 0 Å². The number of nitrogens with one attached hydrogen (secondary N) is 1. The molecule has 1 N–H and O–H groups in total. The minimum Gasteiger partial charge on any atom is -0.341 e. The monoisotopic (exact) mass is 376 g/mol. The average molecular weight is 377 g/mol. The second-order valence-corrected chi connectivity index (χ2v) is 9.17. The maximum atomic E-state index is 12.7. The first-order valence-electron chi connectivity index (χ1n) is 11.2. The van der Waals surface area contributed by atoms with Crippen LogP contribution in [0.25, 0.3) is 0 Å². The van der Waals surface area contributed by atoms with E-state index in [9.17, 15) is 9.59 Å². The molecular weight excluding hydrogens is 340 g/mol. The van der Waals surface area contributed by atoms with Crippen LogP contribution in [0.2, 0.25) is 0 Å². The normalized spacial score (nSPS) is 31.5. The van der Waals surface area contributed by atoms with E-state index in [0.29, 0.717) is 12.6 Å². The summed E-state index contributed by atoms with van der Waals surface area (Å²) in [7, 11) is 0. The molecule has 4 rings (SSSR count). The topological polar surface area (TPSA) is 55.9 Å². The van der Waals surface area contributed by atoms with Crippen LogP contribution in [-0.4, -0.2) is 77.5 Å². The molecule has 1 aliphatic carbocycles. The van der Waals surface area contributed by atoms with Crippen LogP contribution in [-0.2, 0) is 4.79 Å². The van der Waals surface area contributed by atoms with Crippen LogP contribution in [0.4, 0.5) is 4.79 Å². The molecular formula is C21H36N4O2. The molecule has 6 nitrogen and oxygen atoms in total. The van der Waals surface area contributed by atoms with Gasteiger partial charge in [-0.05, 0) is 38.0 Å². The van der Waals surface area contributed by atoms with Gasteiger partial charge in [-0.1, -0.05) is 25.7 Å². The molecule has 0 spiro atoms. The fourth-order valence-corrected chi connectivity index (χ4v) is 5.81. The van der Waals surface area contributed by atoms with Gasteiger partial charge < -0.3 is 20.0 Å². The average Bonchev–Trinajstić information content (AvgIpc) is 2.81. The van der Waals surface area contributed by atoms with Crippen LogP contribution in [0.1, 0.15) is 64.7 Å². The summed E-state index contributed by atoms with van der Waals surface area (Å²) in [4.78, 5) is 31.0. The molecule has 2 atom stereocenters. The molecule has 2 unspecified atom stereocenters. The van der Waals surface area contributed by atoms with Gasteiger partial charge in [-0.15, -0.1) is 0 Å². The predicted molar refractivity (Wildman–Crippen MR) is 105 cm³/mol. The molecule has 3 saturated heterocycles. The Balaban J connectivity index is 1.29. The van der Waals surface area contributed by atoms with Crippen molar-refractivity contribution < 1.29 is 9.59 Å². The standard InChI is InChI=1S/C21H36N4O2/c1-16(26)24-13-10-20-19(15-24)22-21(27)25(20)18-8-11-23(12-9-18)14-17-6-4-2-3-5-7-17/h17-20H,2-15H2,1H3,(H,22,27). The molecule has 1 saturated carbocycles.